The Bertz CT molecular complexity index is 519. The molecule has 19 heavy (non-hydrogen) atoms. The van der Waals surface area contributed by atoms with E-state index in [0.717, 1.165) is 25.9 Å². The van der Waals surface area contributed by atoms with Crippen molar-refractivity contribution in [2.45, 2.75) is 12.8 Å². The minimum absolute atomic E-state index is 0.132. The first-order valence-electron chi connectivity index (χ1n) is 6.56. The summed E-state index contributed by atoms with van der Waals surface area (Å²) in [6.07, 6.45) is 1.75. The molecule has 0 radical (unpaired) electrons. The van der Waals surface area contributed by atoms with Gasteiger partial charge in [0.15, 0.2) is 15.6 Å². The molecule has 0 unspecified atom stereocenters. The summed E-state index contributed by atoms with van der Waals surface area (Å²) in [6.45, 7) is 1.74. The molecule has 0 aromatic heterocycles. The molecule has 0 amide bonds. The molecule has 0 bridgehead atoms. The number of ketones is 1. The molecule has 0 saturated carbocycles. The van der Waals surface area contributed by atoms with Gasteiger partial charge in [0.05, 0.1) is 5.75 Å². The fourth-order valence-corrected chi connectivity index (χ4v) is 4.11. The average molecular weight is 281 g/mol. The molecule has 0 spiro atoms. The SMILES string of the molecule is O=C(CS(=O)(=O)CC1CCNCC1)c1ccccc1. The molecule has 1 fully saturated rings. The van der Waals surface area contributed by atoms with E-state index in [-0.39, 0.29) is 23.2 Å². The molecule has 1 aliphatic rings. The molecule has 1 heterocycles. The van der Waals surface area contributed by atoms with Crippen LogP contribution in [-0.2, 0) is 9.84 Å². The molecule has 1 aromatic carbocycles. The van der Waals surface area contributed by atoms with E-state index in [1.165, 1.54) is 0 Å². The van der Waals surface area contributed by atoms with Crippen LogP contribution in [0.4, 0.5) is 0 Å². The highest BCUT2D eigenvalue weighted by Crippen LogP contribution is 2.15. The Morgan fingerprint density at radius 2 is 1.79 bits per heavy atom. The Hall–Kier alpha value is -1.20. The minimum atomic E-state index is -3.31. The van der Waals surface area contributed by atoms with E-state index in [1.807, 2.05) is 0 Å². The zero-order valence-corrected chi connectivity index (χ0v) is 11.7. The third-order valence-electron chi connectivity index (χ3n) is 3.40. The van der Waals surface area contributed by atoms with Crippen molar-refractivity contribution in [2.75, 3.05) is 24.6 Å². The maximum Gasteiger partial charge on any atom is 0.177 e. The van der Waals surface area contributed by atoms with E-state index >= 15 is 0 Å². The Labute approximate surface area is 114 Å². The summed E-state index contributed by atoms with van der Waals surface area (Å²) in [5.74, 6) is -0.363. The predicted molar refractivity (Wildman–Crippen MR) is 75.0 cm³/mol. The monoisotopic (exact) mass is 281 g/mol. The Kier molecular flexibility index (Phi) is 4.71. The molecule has 1 N–H and O–H groups in total. The van der Waals surface area contributed by atoms with Gasteiger partial charge in [0.2, 0.25) is 0 Å². The number of benzene rings is 1. The smallest absolute Gasteiger partial charge is 0.177 e. The van der Waals surface area contributed by atoms with E-state index in [0.29, 0.717) is 5.56 Å². The molecule has 0 aliphatic carbocycles. The van der Waals surface area contributed by atoms with Gasteiger partial charge in [-0.2, -0.15) is 0 Å². The molecular formula is C14H19NO3S. The van der Waals surface area contributed by atoms with Crippen molar-refractivity contribution in [3.8, 4) is 0 Å². The molecule has 4 nitrogen and oxygen atoms in total. The lowest BCUT2D eigenvalue weighted by Crippen LogP contribution is -2.32. The normalized spacial score (nSPS) is 17.3. The van der Waals surface area contributed by atoms with Crippen LogP contribution in [0.3, 0.4) is 0 Å². The standard InChI is InChI=1S/C14H19NO3S/c16-14(13-4-2-1-3-5-13)11-19(17,18)10-12-6-8-15-9-7-12/h1-5,12,15H,6-11H2. The van der Waals surface area contributed by atoms with E-state index in [1.54, 1.807) is 30.3 Å². The van der Waals surface area contributed by atoms with Crippen molar-refractivity contribution in [1.82, 2.24) is 5.32 Å². The summed E-state index contributed by atoms with van der Waals surface area (Å²) in [5, 5.41) is 3.21. The number of sulfone groups is 1. The van der Waals surface area contributed by atoms with Crippen molar-refractivity contribution < 1.29 is 13.2 Å². The summed E-state index contributed by atoms with van der Waals surface area (Å²) < 4.78 is 24.1. The topological polar surface area (TPSA) is 63.2 Å². The van der Waals surface area contributed by atoms with Crippen LogP contribution in [0.15, 0.2) is 30.3 Å². The molecule has 0 atom stereocenters. The minimum Gasteiger partial charge on any atom is -0.317 e. The molecule has 104 valence electrons. The van der Waals surface area contributed by atoms with Gasteiger partial charge in [-0.05, 0) is 31.8 Å². The summed E-state index contributed by atoms with van der Waals surface area (Å²) in [6, 6.07) is 8.60. The van der Waals surface area contributed by atoms with Gasteiger partial charge >= 0.3 is 0 Å². The zero-order chi connectivity index (χ0) is 13.7. The summed E-state index contributed by atoms with van der Waals surface area (Å²) in [4.78, 5) is 11.9. The quantitative estimate of drug-likeness (QED) is 0.826. The van der Waals surface area contributed by atoms with Gasteiger partial charge in [0.1, 0.15) is 5.75 Å². The number of rotatable bonds is 5. The van der Waals surface area contributed by atoms with Crippen molar-refractivity contribution in [3.63, 3.8) is 0 Å². The lowest BCUT2D eigenvalue weighted by Gasteiger charge is -2.22. The van der Waals surface area contributed by atoms with Crippen molar-refractivity contribution in [2.24, 2.45) is 5.92 Å². The third kappa shape index (κ3) is 4.44. The largest absolute Gasteiger partial charge is 0.317 e. The third-order valence-corrected chi connectivity index (χ3v) is 5.08. The van der Waals surface area contributed by atoms with Crippen LogP contribution in [0.25, 0.3) is 0 Å². The van der Waals surface area contributed by atoms with Crippen LogP contribution in [0.1, 0.15) is 23.2 Å². The number of nitrogens with one attached hydrogen (secondary N) is 1. The average Bonchev–Trinajstić information content (AvgIpc) is 2.39. The Balaban J connectivity index is 1.95. The van der Waals surface area contributed by atoms with Gasteiger partial charge in [-0.3, -0.25) is 4.79 Å². The summed E-state index contributed by atoms with van der Waals surface area (Å²) in [7, 11) is -3.31. The van der Waals surface area contributed by atoms with Crippen LogP contribution >= 0.6 is 0 Å². The number of carbonyl (C=O) groups is 1. The second-order valence-corrected chi connectivity index (χ2v) is 7.15. The molecule has 2 rings (SSSR count). The number of hydrogen-bond acceptors (Lipinski definition) is 4. The van der Waals surface area contributed by atoms with E-state index in [4.69, 9.17) is 0 Å². The van der Waals surface area contributed by atoms with Crippen LogP contribution < -0.4 is 5.32 Å². The van der Waals surface area contributed by atoms with Gasteiger partial charge < -0.3 is 5.32 Å². The van der Waals surface area contributed by atoms with Crippen molar-refractivity contribution in [3.05, 3.63) is 35.9 Å². The van der Waals surface area contributed by atoms with Crippen LogP contribution in [-0.4, -0.2) is 38.8 Å². The molecule has 5 heteroatoms. The van der Waals surface area contributed by atoms with Gasteiger partial charge in [0, 0.05) is 5.56 Å². The molecule has 1 aliphatic heterocycles. The van der Waals surface area contributed by atoms with Gasteiger partial charge in [-0.25, -0.2) is 8.42 Å². The highest BCUT2D eigenvalue weighted by Gasteiger charge is 2.24. The van der Waals surface area contributed by atoms with E-state index in [2.05, 4.69) is 5.32 Å². The van der Waals surface area contributed by atoms with Gasteiger partial charge in [-0.15, -0.1) is 0 Å². The van der Waals surface area contributed by atoms with E-state index < -0.39 is 9.84 Å². The fraction of sp³-hybridized carbons (Fsp3) is 0.500. The molecular weight excluding hydrogens is 262 g/mol. The van der Waals surface area contributed by atoms with Gasteiger partial charge in [0.25, 0.3) is 0 Å². The van der Waals surface area contributed by atoms with Crippen LogP contribution in [0.2, 0.25) is 0 Å². The summed E-state index contributed by atoms with van der Waals surface area (Å²) in [5.41, 5.74) is 0.469. The lowest BCUT2D eigenvalue weighted by atomic mass is 10.0. The predicted octanol–water partition coefficient (Wildman–Crippen LogP) is 1.28. The number of carbonyl (C=O) groups excluding carboxylic acids is 1. The lowest BCUT2D eigenvalue weighted by molar-refractivity contribution is 0.102. The van der Waals surface area contributed by atoms with Crippen molar-refractivity contribution >= 4 is 15.6 Å². The van der Waals surface area contributed by atoms with Crippen LogP contribution in [0.5, 0.6) is 0 Å². The highest BCUT2D eigenvalue weighted by atomic mass is 32.2. The first kappa shape index (κ1) is 14.2. The summed E-state index contributed by atoms with van der Waals surface area (Å²) >= 11 is 0. The number of hydrogen-bond donors (Lipinski definition) is 1. The van der Waals surface area contributed by atoms with Gasteiger partial charge in [-0.1, -0.05) is 30.3 Å². The van der Waals surface area contributed by atoms with E-state index in [9.17, 15) is 13.2 Å². The number of piperidine rings is 1. The molecule has 1 aromatic rings. The first-order valence-corrected chi connectivity index (χ1v) is 8.38. The molecule has 1 saturated heterocycles. The first-order chi connectivity index (χ1) is 9.07. The fourth-order valence-electron chi connectivity index (χ4n) is 2.37. The van der Waals surface area contributed by atoms with Crippen LogP contribution in [0, 0.1) is 5.92 Å². The second kappa shape index (κ2) is 6.30. The number of Topliss-reactive ketones (excluding diaryl/α,β-unsaturated/α-hetero) is 1. The Morgan fingerprint density at radius 3 is 2.42 bits per heavy atom. The second-order valence-electron chi connectivity index (χ2n) is 5.04. The maximum absolute atomic E-state index is 12.0. The maximum atomic E-state index is 12.0. The highest BCUT2D eigenvalue weighted by molar-refractivity contribution is 7.92. The Morgan fingerprint density at radius 1 is 1.16 bits per heavy atom. The van der Waals surface area contributed by atoms with Crippen molar-refractivity contribution in [1.29, 1.82) is 0 Å². The zero-order valence-electron chi connectivity index (χ0n) is 10.8.